The van der Waals surface area contributed by atoms with Crippen LogP contribution in [0.2, 0.25) is 0 Å². The molecule has 3 aromatic heterocycles. The molecule has 11 heteroatoms. The molecule has 3 fully saturated rings. The van der Waals surface area contributed by atoms with Crippen molar-refractivity contribution in [3.63, 3.8) is 0 Å². The standard InChI is InChI=1S/C19H17F2N5O2.C6H8N2/c1-9-10(2)23-18-17(22-9)16(13-4-3-11(20)5-14(13)21)24-19(25-18)26-6-12-8-27-15(7-26)28-12;1-4-7-8(5-1)6-2-3-6/h3-5,12,15H,6-8H2,1-2H3;1,4-6H,2-3H2. The van der Waals surface area contributed by atoms with Crippen LogP contribution < -0.4 is 4.90 Å². The Kier molecular flexibility index (Phi) is 5.81. The van der Waals surface area contributed by atoms with Crippen LogP contribution in [0.4, 0.5) is 14.7 Å². The second kappa shape index (κ2) is 9.14. The largest absolute Gasteiger partial charge is 0.348 e. The summed E-state index contributed by atoms with van der Waals surface area (Å²) in [6.07, 6.45) is 6.10. The summed E-state index contributed by atoms with van der Waals surface area (Å²) < 4.78 is 41.2. The molecule has 0 radical (unpaired) electrons. The Morgan fingerprint density at radius 2 is 1.83 bits per heavy atom. The molecule has 2 atom stereocenters. The molecule has 0 spiro atoms. The van der Waals surface area contributed by atoms with Crippen molar-refractivity contribution in [3.8, 4) is 11.3 Å². The first-order valence-corrected chi connectivity index (χ1v) is 11.9. The lowest BCUT2D eigenvalue weighted by molar-refractivity contribution is -0.0628. The smallest absolute Gasteiger partial charge is 0.228 e. The molecule has 1 aromatic carbocycles. The summed E-state index contributed by atoms with van der Waals surface area (Å²) in [6, 6.07) is 6.10. The highest BCUT2D eigenvalue weighted by molar-refractivity contribution is 5.88. The van der Waals surface area contributed by atoms with Gasteiger partial charge in [0, 0.05) is 30.6 Å². The number of anilines is 1. The summed E-state index contributed by atoms with van der Waals surface area (Å²) in [4.78, 5) is 20.1. The van der Waals surface area contributed by atoms with Gasteiger partial charge >= 0.3 is 0 Å². The van der Waals surface area contributed by atoms with Crippen molar-refractivity contribution in [2.75, 3.05) is 24.6 Å². The van der Waals surface area contributed by atoms with Crippen molar-refractivity contribution in [1.82, 2.24) is 29.7 Å². The summed E-state index contributed by atoms with van der Waals surface area (Å²) in [5, 5.41) is 4.09. The molecule has 2 bridgehead atoms. The van der Waals surface area contributed by atoms with Gasteiger partial charge < -0.3 is 14.4 Å². The number of aryl methyl sites for hydroxylation is 2. The van der Waals surface area contributed by atoms with Crippen LogP contribution in [0.5, 0.6) is 0 Å². The van der Waals surface area contributed by atoms with Gasteiger partial charge in [-0.25, -0.2) is 23.7 Å². The minimum absolute atomic E-state index is 0.0603. The predicted octanol–water partition coefficient (Wildman–Crippen LogP) is 3.76. The Balaban J connectivity index is 0.000000253. The molecule has 3 aliphatic rings. The molecule has 9 nitrogen and oxygen atoms in total. The number of fused-ring (bicyclic) bond motifs is 3. The Morgan fingerprint density at radius 1 is 1.00 bits per heavy atom. The minimum atomic E-state index is -0.712. The maximum atomic E-state index is 14.5. The SMILES string of the molecule is Cc1nc2nc(N3CC4COC(C3)O4)nc(-c3ccc(F)cc3F)c2nc1C.c1cnn(C2CC2)c1. The van der Waals surface area contributed by atoms with Crippen LogP contribution in [0.3, 0.4) is 0 Å². The molecule has 7 rings (SSSR count). The van der Waals surface area contributed by atoms with Crippen LogP contribution >= 0.6 is 0 Å². The van der Waals surface area contributed by atoms with Gasteiger partial charge in [0.25, 0.3) is 0 Å². The van der Waals surface area contributed by atoms with E-state index in [1.165, 1.54) is 25.0 Å². The van der Waals surface area contributed by atoms with E-state index >= 15 is 0 Å². The average molecular weight is 494 g/mol. The summed E-state index contributed by atoms with van der Waals surface area (Å²) in [7, 11) is 0. The quantitative estimate of drug-likeness (QED) is 0.426. The fourth-order valence-corrected chi connectivity index (χ4v) is 4.31. The van der Waals surface area contributed by atoms with Crippen LogP contribution in [0, 0.1) is 25.5 Å². The van der Waals surface area contributed by atoms with Gasteiger partial charge in [-0.3, -0.25) is 4.68 Å². The zero-order chi connectivity index (χ0) is 24.8. The molecule has 2 aliphatic heterocycles. The number of ether oxygens (including phenoxy) is 2. The van der Waals surface area contributed by atoms with Crippen LogP contribution in [0.25, 0.3) is 22.4 Å². The van der Waals surface area contributed by atoms with E-state index in [2.05, 4.69) is 25.0 Å². The summed E-state index contributed by atoms with van der Waals surface area (Å²) in [6.45, 7) is 5.20. The van der Waals surface area contributed by atoms with E-state index in [0.29, 0.717) is 42.5 Å². The lowest BCUT2D eigenvalue weighted by atomic mass is 10.1. The van der Waals surface area contributed by atoms with Gasteiger partial charge in [-0.05, 0) is 44.9 Å². The molecule has 4 aromatic rings. The highest BCUT2D eigenvalue weighted by atomic mass is 19.1. The van der Waals surface area contributed by atoms with Crippen molar-refractivity contribution in [3.05, 3.63) is 59.7 Å². The molecule has 5 heterocycles. The number of benzene rings is 1. The van der Waals surface area contributed by atoms with Gasteiger partial charge in [0.1, 0.15) is 28.9 Å². The predicted molar refractivity (Wildman–Crippen MR) is 127 cm³/mol. The molecule has 36 heavy (non-hydrogen) atoms. The fraction of sp³-hybridized carbons (Fsp3) is 0.400. The third kappa shape index (κ3) is 4.51. The lowest BCUT2D eigenvalue weighted by Crippen LogP contribution is -2.44. The Labute approximate surface area is 206 Å². The van der Waals surface area contributed by atoms with E-state index in [4.69, 9.17) is 9.47 Å². The first-order chi connectivity index (χ1) is 17.4. The van der Waals surface area contributed by atoms with Crippen molar-refractivity contribution in [1.29, 1.82) is 0 Å². The molecular weight excluding hydrogens is 468 g/mol. The molecule has 186 valence electrons. The molecular formula is C25H25F2N7O2. The molecule has 0 N–H and O–H groups in total. The van der Waals surface area contributed by atoms with Gasteiger partial charge in [0.05, 0.1) is 30.6 Å². The van der Waals surface area contributed by atoms with Crippen LogP contribution in [0.15, 0.2) is 36.7 Å². The van der Waals surface area contributed by atoms with Gasteiger partial charge in [-0.1, -0.05) is 0 Å². The number of hydrogen-bond donors (Lipinski definition) is 0. The van der Waals surface area contributed by atoms with Gasteiger partial charge in [0.15, 0.2) is 11.9 Å². The second-order valence-electron chi connectivity index (χ2n) is 9.21. The number of aromatic nitrogens is 6. The zero-order valence-electron chi connectivity index (χ0n) is 19.9. The first kappa shape index (κ1) is 22.9. The van der Waals surface area contributed by atoms with Gasteiger partial charge in [-0.15, -0.1) is 0 Å². The number of hydrogen-bond acceptors (Lipinski definition) is 8. The Bertz CT molecular complexity index is 1400. The molecule has 1 saturated carbocycles. The van der Waals surface area contributed by atoms with Crippen molar-refractivity contribution >= 4 is 17.1 Å². The highest BCUT2D eigenvalue weighted by Crippen LogP contribution is 2.33. The molecule has 1 aliphatic carbocycles. The van der Waals surface area contributed by atoms with Crippen LogP contribution in [-0.2, 0) is 9.47 Å². The summed E-state index contributed by atoms with van der Waals surface area (Å²) >= 11 is 0. The van der Waals surface area contributed by atoms with E-state index in [9.17, 15) is 8.78 Å². The van der Waals surface area contributed by atoms with Crippen molar-refractivity contribution in [2.45, 2.75) is 45.1 Å². The van der Waals surface area contributed by atoms with E-state index in [1.807, 2.05) is 41.9 Å². The molecule has 2 saturated heterocycles. The summed E-state index contributed by atoms with van der Waals surface area (Å²) in [5.74, 6) is -0.969. The Hall–Kier alpha value is -3.57. The number of rotatable bonds is 3. The number of morpholine rings is 1. The topological polar surface area (TPSA) is 91.1 Å². The maximum Gasteiger partial charge on any atom is 0.228 e. The third-order valence-electron chi connectivity index (χ3n) is 6.45. The van der Waals surface area contributed by atoms with Gasteiger partial charge in [-0.2, -0.15) is 10.1 Å². The first-order valence-electron chi connectivity index (χ1n) is 11.9. The number of halogens is 2. The fourth-order valence-electron chi connectivity index (χ4n) is 4.31. The van der Waals surface area contributed by atoms with Crippen molar-refractivity contribution < 1.29 is 18.3 Å². The second-order valence-corrected chi connectivity index (χ2v) is 9.21. The Morgan fingerprint density at radius 3 is 2.56 bits per heavy atom. The van der Waals surface area contributed by atoms with E-state index in [0.717, 1.165) is 17.8 Å². The number of nitrogens with zero attached hydrogens (tertiary/aromatic N) is 7. The summed E-state index contributed by atoms with van der Waals surface area (Å²) in [5.41, 5.74) is 2.61. The highest BCUT2D eigenvalue weighted by Gasteiger charge is 2.36. The van der Waals surface area contributed by atoms with E-state index < -0.39 is 11.6 Å². The third-order valence-corrected chi connectivity index (χ3v) is 6.45. The molecule has 0 amide bonds. The van der Waals surface area contributed by atoms with E-state index in [1.54, 1.807) is 0 Å². The normalized spacial score (nSPS) is 20.9. The zero-order valence-corrected chi connectivity index (χ0v) is 19.9. The molecule has 2 unspecified atom stereocenters. The average Bonchev–Trinajstić information content (AvgIpc) is 3.45. The van der Waals surface area contributed by atoms with Gasteiger partial charge in [0.2, 0.25) is 5.95 Å². The maximum absolute atomic E-state index is 14.5. The monoisotopic (exact) mass is 493 g/mol. The van der Waals surface area contributed by atoms with E-state index in [-0.39, 0.29) is 23.7 Å². The van der Waals surface area contributed by atoms with Crippen molar-refractivity contribution in [2.24, 2.45) is 0 Å². The van der Waals surface area contributed by atoms with Crippen LogP contribution in [-0.4, -0.2) is 61.8 Å². The van der Waals surface area contributed by atoms with Crippen LogP contribution in [0.1, 0.15) is 30.3 Å². The lowest BCUT2D eigenvalue weighted by Gasteiger charge is -2.30. The minimum Gasteiger partial charge on any atom is -0.348 e.